The number of anilines is 1. The molecule has 2 unspecified atom stereocenters. The van der Waals surface area contributed by atoms with E-state index < -0.39 is 0 Å². The zero-order valence-corrected chi connectivity index (χ0v) is 11.7. The predicted octanol–water partition coefficient (Wildman–Crippen LogP) is 1.98. The number of aliphatic hydroxyl groups is 1. The van der Waals surface area contributed by atoms with E-state index in [1.807, 2.05) is 6.92 Å². The minimum Gasteiger partial charge on any atom is -0.393 e. The molecule has 0 saturated carbocycles. The highest BCUT2D eigenvalue weighted by Crippen LogP contribution is 2.17. The van der Waals surface area contributed by atoms with E-state index in [1.54, 1.807) is 24.3 Å². The van der Waals surface area contributed by atoms with Gasteiger partial charge in [0, 0.05) is 23.8 Å². The Kier molecular flexibility index (Phi) is 4.80. The Hall–Kier alpha value is -1.10. The summed E-state index contributed by atoms with van der Waals surface area (Å²) < 4.78 is 0. The van der Waals surface area contributed by atoms with Crippen LogP contribution in [0.1, 0.15) is 13.3 Å². The average molecular weight is 283 g/mol. The third-order valence-corrected chi connectivity index (χ3v) is 3.69. The summed E-state index contributed by atoms with van der Waals surface area (Å²) in [5.74, 6) is 0.183. The highest BCUT2D eigenvalue weighted by molar-refractivity contribution is 6.30. The number of nitrogens with one attached hydrogen (secondary N) is 1. The summed E-state index contributed by atoms with van der Waals surface area (Å²) in [6.07, 6.45) is 0.491. The first kappa shape index (κ1) is 14.3. The zero-order chi connectivity index (χ0) is 13.8. The monoisotopic (exact) mass is 282 g/mol. The van der Waals surface area contributed by atoms with Crippen LogP contribution in [0.15, 0.2) is 24.3 Å². The Bertz CT molecular complexity index is 436. The van der Waals surface area contributed by atoms with E-state index in [4.69, 9.17) is 11.6 Å². The van der Waals surface area contributed by atoms with Gasteiger partial charge in [-0.3, -0.25) is 9.69 Å². The number of benzene rings is 1. The number of carbonyl (C=O) groups excluding carboxylic acids is 1. The number of halogens is 1. The van der Waals surface area contributed by atoms with Gasteiger partial charge in [-0.1, -0.05) is 18.5 Å². The second-order valence-electron chi connectivity index (χ2n) is 5.12. The van der Waals surface area contributed by atoms with Gasteiger partial charge in [-0.15, -0.1) is 0 Å². The van der Waals surface area contributed by atoms with E-state index in [9.17, 15) is 9.90 Å². The van der Waals surface area contributed by atoms with Crippen molar-refractivity contribution in [3.05, 3.63) is 29.3 Å². The molecule has 0 spiro atoms. The molecule has 2 N–H and O–H groups in total. The molecular formula is C14H19ClN2O2. The lowest BCUT2D eigenvalue weighted by molar-refractivity contribution is -0.118. The molecule has 0 bridgehead atoms. The van der Waals surface area contributed by atoms with E-state index in [0.29, 0.717) is 11.6 Å². The maximum Gasteiger partial charge on any atom is 0.238 e. The summed E-state index contributed by atoms with van der Waals surface area (Å²) in [6, 6.07) is 7.05. The molecule has 2 atom stereocenters. The molecule has 0 radical (unpaired) electrons. The molecule has 0 aliphatic carbocycles. The number of likely N-dealkylation sites (tertiary alicyclic amines) is 1. The van der Waals surface area contributed by atoms with Gasteiger partial charge in [0.15, 0.2) is 0 Å². The second-order valence-corrected chi connectivity index (χ2v) is 5.56. The van der Waals surface area contributed by atoms with Gasteiger partial charge >= 0.3 is 0 Å². The van der Waals surface area contributed by atoms with Gasteiger partial charge in [0.05, 0.1) is 12.6 Å². The number of nitrogens with zero attached hydrogens (tertiary/aromatic N) is 1. The molecule has 1 amide bonds. The summed E-state index contributed by atoms with van der Waals surface area (Å²) in [6.45, 7) is 3.89. The Morgan fingerprint density at radius 3 is 2.79 bits per heavy atom. The lowest BCUT2D eigenvalue weighted by Crippen LogP contribution is -2.45. The van der Waals surface area contributed by atoms with Crippen LogP contribution in [0.25, 0.3) is 0 Å². The minimum absolute atomic E-state index is 0.0362. The Morgan fingerprint density at radius 1 is 1.47 bits per heavy atom. The molecule has 1 aliphatic heterocycles. The van der Waals surface area contributed by atoms with Crippen molar-refractivity contribution in [2.75, 3.05) is 25.0 Å². The number of piperidine rings is 1. The molecule has 1 heterocycles. The normalized spacial score (nSPS) is 24.2. The molecular weight excluding hydrogens is 264 g/mol. The molecule has 5 heteroatoms. The maximum atomic E-state index is 11.9. The van der Waals surface area contributed by atoms with Gasteiger partial charge < -0.3 is 10.4 Å². The molecule has 104 valence electrons. The Morgan fingerprint density at radius 2 is 2.16 bits per heavy atom. The molecule has 2 rings (SSSR count). The van der Waals surface area contributed by atoms with Crippen LogP contribution in [0, 0.1) is 5.92 Å². The van der Waals surface area contributed by atoms with Crippen LogP contribution in [0.3, 0.4) is 0 Å². The number of aliphatic hydroxyl groups excluding tert-OH is 1. The Labute approximate surface area is 118 Å². The molecule has 0 aromatic heterocycles. The molecule has 1 fully saturated rings. The fourth-order valence-electron chi connectivity index (χ4n) is 2.30. The molecule has 1 aromatic carbocycles. The van der Waals surface area contributed by atoms with Crippen molar-refractivity contribution in [1.29, 1.82) is 0 Å². The van der Waals surface area contributed by atoms with Gasteiger partial charge in [0.2, 0.25) is 5.91 Å². The Balaban J connectivity index is 1.83. The SMILES string of the molecule is CC1CN(CC(=O)Nc2ccc(Cl)cc2)CCC1O. The zero-order valence-electron chi connectivity index (χ0n) is 11.0. The van der Waals surface area contributed by atoms with E-state index >= 15 is 0 Å². The van der Waals surface area contributed by atoms with Crippen molar-refractivity contribution < 1.29 is 9.90 Å². The van der Waals surface area contributed by atoms with E-state index in [-0.39, 0.29) is 17.9 Å². The first-order valence-electron chi connectivity index (χ1n) is 6.50. The highest BCUT2D eigenvalue weighted by atomic mass is 35.5. The van der Waals surface area contributed by atoms with Crippen LogP contribution < -0.4 is 5.32 Å². The van der Waals surface area contributed by atoms with Crippen molar-refractivity contribution in [2.45, 2.75) is 19.4 Å². The lowest BCUT2D eigenvalue weighted by Gasteiger charge is -2.33. The minimum atomic E-state index is -0.240. The van der Waals surface area contributed by atoms with Crippen LogP contribution >= 0.6 is 11.6 Å². The summed E-state index contributed by atoms with van der Waals surface area (Å²) >= 11 is 5.79. The fourth-order valence-corrected chi connectivity index (χ4v) is 2.43. The lowest BCUT2D eigenvalue weighted by atomic mass is 9.97. The summed E-state index contributed by atoms with van der Waals surface area (Å²) in [5, 5.41) is 13.1. The molecule has 4 nitrogen and oxygen atoms in total. The number of amides is 1. The number of carbonyl (C=O) groups is 1. The van der Waals surface area contributed by atoms with Crippen molar-refractivity contribution in [1.82, 2.24) is 4.90 Å². The largest absolute Gasteiger partial charge is 0.393 e. The molecule has 1 aromatic rings. The predicted molar refractivity (Wildman–Crippen MR) is 76.3 cm³/mol. The topological polar surface area (TPSA) is 52.6 Å². The van der Waals surface area contributed by atoms with Crippen LogP contribution in [0.5, 0.6) is 0 Å². The van der Waals surface area contributed by atoms with Crippen molar-refractivity contribution in [3.63, 3.8) is 0 Å². The first-order chi connectivity index (χ1) is 9.04. The van der Waals surface area contributed by atoms with Crippen molar-refractivity contribution in [2.24, 2.45) is 5.92 Å². The van der Waals surface area contributed by atoms with Crippen LogP contribution in [-0.2, 0) is 4.79 Å². The van der Waals surface area contributed by atoms with E-state index in [0.717, 1.165) is 25.2 Å². The fraction of sp³-hybridized carbons (Fsp3) is 0.500. The summed E-state index contributed by atoms with van der Waals surface area (Å²) in [4.78, 5) is 14.0. The van der Waals surface area contributed by atoms with Gasteiger partial charge in [-0.2, -0.15) is 0 Å². The first-order valence-corrected chi connectivity index (χ1v) is 6.88. The molecule has 19 heavy (non-hydrogen) atoms. The summed E-state index contributed by atoms with van der Waals surface area (Å²) in [7, 11) is 0. The highest BCUT2D eigenvalue weighted by Gasteiger charge is 2.25. The van der Waals surface area contributed by atoms with Crippen LogP contribution in [0.2, 0.25) is 5.02 Å². The third-order valence-electron chi connectivity index (χ3n) is 3.44. The van der Waals surface area contributed by atoms with Crippen LogP contribution in [0.4, 0.5) is 5.69 Å². The van der Waals surface area contributed by atoms with Gasteiger partial charge in [0.1, 0.15) is 0 Å². The van der Waals surface area contributed by atoms with Crippen molar-refractivity contribution in [3.8, 4) is 0 Å². The smallest absolute Gasteiger partial charge is 0.238 e. The summed E-state index contributed by atoms with van der Waals surface area (Å²) in [5.41, 5.74) is 0.750. The molecule has 1 aliphatic rings. The van der Waals surface area contributed by atoms with Gasteiger partial charge in [-0.05, 0) is 36.6 Å². The maximum absolute atomic E-state index is 11.9. The average Bonchev–Trinajstić information content (AvgIpc) is 2.37. The number of hydrogen-bond acceptors (Lipinski definition) is 3. The number of hydrogen-bond donors (Lipinski definition) is 2. The standard InChI is InChI=1S/C14H19ClN2O2/c1-10-8-17(7-6-13(10)18)9-14(19)16-12-4-2-11(15)3-5-12/h2-5,10,13,18H,6-9H2,1H3,(H,16,19). The second kappa shape index (κ2) is 6.37. The van der Waals surface area contributed by atoms with E-state index in [1.165, 1.54) is 0 Å². The van der Waals surface area contributed by atoms with Crippen LogP contribution in [-0.4, -0.2) is 41.7 Å². The van der Waals surface area contributed by atoms with E-state index in [2.05, 4.69) is 10.2 Å². The quantitative estimate of drug-likeness (QED) is 0.891. The number of rotatable bonds is 3. The van der Waals surface area contributed by atoms with Crippen molar-refractivity contribution >= 4 is 23.2 Å². The molecule has 1 saturated heterocycles. The van der Waals surface area contributed by atoms with Gasteiger partial charge in [0.25, 0.3) is 0 Å². The van der Waals surface area contributed by atoms with Gasteiger partial charge in [-0.25, -0.2) is 0 Å². The third kappa shape index (κ3) is 4.20.